The minimum absolute atomic E-state index is 0.0910. The van der Waals surface area contributed by atoms with Crippen LogP contribution < -0.4 is 5.32 Å². The summed E-state index contributed by atoms with van der Waals surface area (Å²) in [6.07, 6.45) is 0.637. The Kier molecular flexibility index (Phi) is 9.11. The zero-order valence-corrected chi connectivity index (χ0v) is 22.9. The lowest BCUT2D eigenvalue weighted by Gasteiger charge is -2.18. The fourth-order valence-electron chi connectivity index (χ4n) is 4.35. The number of nitrogens with one attached hydrogen (secondary N) is 1. The van der Waals surface area contributed by atoms with Crippen molar-refractivity contribution >= 4 is 46.7 Å². The molecule has 4 rings (SSSR count). The number of carboxylic acids is 1. The van der Waals surface area contributed by atoms with E-state index in [0.29, 0.717) is 20.6 Å². The summed E-state index contributed by atoms with van der Waals surface area (Å²) in [5.74, 6) is -1.08. The van der Waals surface area contributed by atoms with E-state index >= 15 is 0 Å². The van der Waals surface area contributed by atoms with E-state index in [9.17, 15) is 9.59 Å². The summed E-state index contributed by atoms with van der Waals surface area (Å²) < 4.78 is 0. The highest BCUT2D eigenvalue weighted by Gasteiger charge is 2.15. The maximum absolute atomic E-state index is 12.3. The molecule has 7 heteroatoms. The van der Waals surface area contributed by atoms with Crippen molar-refractivity contribution in [3.63, 3.8) is 0 Å². The van der Waals surface area contributed by atoms with E-state index < -0.39 is 5.97 Å². The van der Waals surface area contributed by atoms with E-state index in [1.54, 1.807) is 18.2 Å². The van der Waals surface area contributed by atoms with Gasteiger partial charge in [0.15, 0.2) is 0 Å². The summed E-state index contributed by atoms with van der Waals surface area (Å²) in [5.41, 5.74) is 6.87. The molecule has 0 aromatic heterocycles. The van der Waals surface area contributed by atoms with E-state index in [2.05, 4.69) is 30.4 Å². The number of carboxylic acid groups (broad SMARTS) is 1. The van der Waals surface area contributed by atoms with Gasteiger partial charge < -0.3 is 10.4 Å². The molecule has 0 radical (unpaired) electrons. The molecule has 4 aromatic carbocycles. The molecule has 1 amide bonds. The number of rotatable bonds is 9. The van der Waals surface area contributed by atoms with Crippen molar-refractivity contribution in [3.8, 4) is 22.3 Å². The summed E-state index contributed by atoms with van der Waals surface area (Å²) in [6.45, 7) is 2.24. The van der Waals surface area contributed by atoms with Gasteiger partial charge in [-0.1, -0.05) is 90.3 Å². The Labute approximate surface area is 237 Å². The first-order valence-electron chi connectivity index (χ1n) is 12.2. The number of amides is 1. The summed E-state index contributed by atoms with van der Waals surface area (Å²) in [5, 5.41) is 13.1. The monoisotopic (exact) mass is 565 g/mol. The molecule has 1 atom stereocenters. The van der Waals surface area contributed by atoms with Gasteiger partial charge in [0.05, 0.1) is 16.5 Å². The third-order valence-corrected chi connectivity index (χ3v) is 7.36. The number of carbonyl (C=O) groups excluding carboxylic acids is 1. The second-order valence-corrected chi connectivity index (χ2v) is 10.4. The molecule has 4 aromatic rings. The topological polar surface area (TPSA) is 66.4 Å². The van der Waals surface area contributed by atoms with Crippen molar-refractivity contribution in [2.24, 2.45) is 0 Å². The zero-order chi connectivity index (χ0) is 27.2. The molecule has 0 fully saturated rings. The predicted octanol–water partition coefficient (Wildman–Crippen LogP) is 8.53. The Hall–Kier alpha value is -3.31. The van der Waals surface area contributed by atoms with E-state index in [1.165, 1.54) is 0 Å². The lowest BCUT2D eigenvalue weighted by atomic mass is 9.87. The first-order chi connectivity index (χ1) is 18.2. The van der Waals surface area contributed by atoms with E-state index in [1.807, 2.05) is 48.5 Å². The standard InChI is InChI=1S/C31H26Cl3NO3/c1-19(20-5-7-21(8-6-20)31(38)35-14-13-30(36)37)15-25-16-22(23-10-12-28(33)29(34)18-23)9-11-27(25)24-3-2-4-26(32)17-24/h2-12,16-19H,13-15H2,1H3,(H,35,38)(H,36,37). The van der Waals surface area contributed by atoms with Gasteiger partial charge in [0.25, 0.3) is 5.91 Å². The first kappa shape index (κ1) is 27.7. The van der Waals surface area contributed by atoms with Crippen molar-refractivity contribution in [2.45, 2.75) is 25.7 Å². The van der Waals surface area contributed by atoms with Crippen LogP contribution in [0, 0.1) is 0 Å². The van der Waals surface area contributed by atoms with Crippen molar-refractivity contribution in [3.05, 3.63) is 117 Å². The smallest absolute Gasteiger partial charge is 0.305 e. The van der Waals surface area contributed by atoms with Gasteiger partial charge in [-0.3, -0.25) is 9.59 Å². The van der Waals surface area contributed by atoms with Crippen LogP contribution in [0.4, 0.5) is 0 Å². The van der Waals surface area contributed by atoms with Crippen LogP contribution in [0.1, 0.15) is 40.7 Å². The molecule has 0 saturated carbocycles. The minimum Gasteiger partial charge on any atom is -0.481 e. The Balaban J connectivity index is 1.61. The molecule has 0 saturated heterocycles. The molecule has 38 heavy (non-hydrogen) atoms. The molecule has 194 valence electrons. The van der Waals surface area contributed by atoms with Gasteiger partial charge in [0.1, 0.15) is 0 Å². The Morgan fingerprint density at radius 1 is 0.816 bits per heavy atom. The summed E-state index contributed by atoms with van der Waals surface area (Å²) >= 11 is 18.7. The van der Waals surface area contributed by atoms with Crippen LogP contribution in [0.2, 0.25) is 15.1 Å². The molecule has 0 aliphatic rings. The van der Waals surface area contributed by atoms with E-state index in [4.69, 9.17) is 39.9 Å². The summed E-state index contributed by atoms with van der Waals surface area (Å²) in [4.78, 5) is 23.0. The van der Waals surface area contributed by atoms with Crippen LogP contribution in [0.15, 0.2) is 84.9 Å². The number of carbonyl (C=O) groups is 2. The quantitative estimate of drug-likeness (QED) is 0.213. The molecular weight excluding hydrogens is 541 g/mol. The fraction of sp³-hybridized carbons (Fsp3) is 0.161. The van der Waals surface area contributed by atoms with Crippen molar-refractivity contribution in [1.29, 1.82) is 0 Å². The van der Waals surface area contributed by atoms with Gasteiger partial charge in [-0.15, -0.1) is 0 Å². The van der Waals surface area contributed by atoms with Crippen LogP contribution >= 0.6 is 34.8 Å². The minimum atomic E-state index is -0.949. The maximum Gasteiger partial charge on any atom is 0.305 e. The number of hydrogen-bond acceptors (Lipinski definition) is 2. The van der Waals surface area contributed by atoms with Crippen LogP contribution in [-0.4, -0.2) is 23.5 Å². The summed E-state index contributed by atoms with van der Waals surface area (Å²) in [7, 11) is 0. The van der Waals surface area contributed by atoms with Gasteiger partial charge in [0, 0.05) is 17.1 Å². The zero-order valence-electron chi connectivity index (χ0n) is 20.7. The second-order valence-electron chi connectivity index (χ2n) is 9.14. The molecule has 0 bridgehead atoms. The number of hydrogen-bond donors (Lipinski definition) is 2. The number of aliphatic carboxylic acids is 1. The van der Waals surface area contributed by atoms with Crippen molar-refractivity contribution in [1.82, 2.24) is 5.32 Å². The van der Waals surface area contributed by atoms with Crippen LogP contribution in [0.25, 0.3) is 22.3 Å². The molecule has 0 aliphatic heterocycles. The van der Waals surface area contributed by atoms with Crippen molar-refractivity contribution in [2.75, 3.05) is 6.54 Å². The predicted molar refractivity (Wildman–Crippen MR) is 155 cm³/mol. The largest absolute Gasteiger partial charge is 0.481 e. The number of halogens is 3. The van der Waals surface area contributed by atoms with Gasteiger partial charge in [-0.25, -0.2) is 0 Å². The van der Waals surface area contributed by atoms with Crippen LogP contribution in [-0.2, 0) is 11.2 Å². The summed E-state index contributed by atoms with van der Waals surface area (Å²) in [6, 6.07) is 27.2. The second kappa shape index (κ2) is 12.5. The molecule has 0 heterocycles. The molecule has 1 unspecified atom stereocenters. The average Bonchev–Trinajstić information content (AvgIpc) is 2.90. The third kappa shape index (κ3) is 6.96. The fourth-order valence-corrected chi connectivity index (χ4v) is 4.84. The normalized spacial score (nSPS) is 11.7. The first-order valence-corrected chi connectivity index (χ1v) is 13.3. The van der Waals surface area contributed by atoms with Gasteiger partial charge >= 0.3 is 5.97 Å². The lowest BCUT2D eigenvalue weighted by molar-refractivity contribution is -0.136. The van der Waals surface area contributed by atoms with E-state index in [-0.39, 0.29) is 24.8 Å². The van der Waals surface area contributed by atoms with Crippen LogP contribution in [0.5, 0.6) is 0 Å². The SMILES string of the molecule is CC(Cc1cc(-c2ccc(Cl)c(Cl)c2)ccc1-c1cccc(Cl)c1)c1ccc(C(=O)NCCC(=O)O)cc1. The molecule has 0 spiro atoms. The lowest BCUT2D eigenvalue weighted by Crippen LogP contribution is -2.25. The maximum atomic E-state index is 12.3. The number of benzene rings is 4. The Morgan fingerprint density at radius 2 is 1.53 bits per heavy atom. The Bertz CT molecular complexity index is 1470. The Morgan fingerprint density at radius 3 is 2.21 bits per heavy atom. The van der Waals surface area contributed by atoms with Gasteiger partial charge in [-0.05, 0) is 82.1 Å². The highest BCUT2D eigenvalue weighted by atomic mass is 35.5. The highest BCUT2D eigenvalue weighted by molar-refractivity contribution is 6.42. The van der Waals surface area contributed by atoms with Crippen molar-refractivity contribution < 1.29 is 14.7 Å². The van der Waals surface area contributed by atoms with Crippen LogP contribution in [0.3, 0.4) is 0 Å². The highest BCUT2D eigenvalue weighted by Crippen LogP contribution is 2.35. The molecular formula is C31H26Cl3NO3. The molecule has 2 N–H and O–H groups in total. The average molecular weight is 567 g/mol. The van der Waals surface area contributed by atoms with E-state index in [0.717, 1.165) is 39.8 Å². The molecule has 4 nitrogen and oxygen atoms in total. The van der Waals surface area contributed by atoms with Gasteiger partial charge in [0.2, 0.25) is 0 Å². The molecule has 0 aliphatic carbocycles. The van der Waals surface area contributed by atoms with Gasteiger partial charge in [-0.2, -0.15) is 0 Å². The third-order valence-electron chi connectivity index (χ3n) is 6.39.